The van der Waals surface area contributed by atoms with Gasteiger partial charge in [0.1, 0.15) is 0 Å². The highest BCUT2D eigenvalue weighted by Gasteiger charge is 2.02. The van der Waals surface area contributed by atoms with E-state index in [0.717, 1.165) is 12.8 Å². The number of allylic oxidation sites excluding steroid dienone is 5. The first-order valence-corrected chi connectivity index (χ1v) is 9.26. The van der Waals surface area contributed by atoms with Gasteiger partial charge in [-0.05, 0) is 77.5 Å². The molecule has 0 nitrogen and oxygen atoms in total. The highest BCUT2D eigenvalue weighted by molar-refractivity contribution is 7.13. The molecule has 0 fully saturated rings. The van der Waals surface area contributed by atoms with Gasteiger partial charge in [-0.2, -0.15) is 0 Å². The molecule has 0 N–H and O–H groups in total. The molecule has 1 heterocycles. The van der Waals surface area contributed by atoms with Crippen molar-refractivity contribution in [1.82, 2.24) is 0 Å². The summed E-state index contributed by atoms with van der Waals surface area (Å²) in [5.41, 5.74) is 4.41. The van der Waals surface area contributed by atoms with Gasteiger partial charge in [0.2, 0.25) is 0 Å². The Bertz CT molecular complexity index is 534. The predicted molar refractivity (Wildman–Crippen MR) is 104 cm³/mol. The fourth-order valence-electron chi connectivity index (χ4n) is 2.31. The number of hydrogen-bond donors (Lipinski definition) is 0. The summed E-state index contributed by atoms with van der Waals surface area (Å²) in [7, 11) is 0. The van der Waals surface area contributed by atoms with Crippen LogP contribution in [0, 0.1) is 0 Å². The Morgan fingerprint density at radius 1 is 0.955 bits per heavy atom. The van der Waals surface area contributed by atoms with Gasteiger partial charge in [0, 0.05) is 9.75 Å². The van der Waals surface area contributed by atoms with Crippen LogP contribution in [0.4, 0.5) is 0 Å². The first kappa shape index (κ1) is 19.0. The molecule has 0 unspecified atom stereocenters. The van der Waals surface area contributed by atoms with Gasteiger partial charge in [-0.25, -0.2) is 0 Å². The minimum absolute atomic E-state index is 0.638. The lowest BCUT2D eigenvalue weighted by Crippen LogP contribution is -1.80. The molecule has 1 aromatic rings. The molecular formula is C21H32S. The van der Waals surface area contributed by atoms with Crippen molar-refractivity contribution < 1.29 is 0 Å². The lowest BCUT2D eigenvalue weighted by Gasteiger charge is -2.01. The molecule has 0 aliphatic heterocycles. The normalized spacial score (nSPS) is 12.9. The molecule has 22 heavy (non-hydrogen) atoms. The maximum Gasteiger partial charge on any atom is 0.0272 e. The van der Waals surface area contributed by atoms with Crippen molar-refractivity contribution in [3.63, 3.8) is 0 Å². The second kappa shape index (κ2) is 9.84. The third-order valence-corrected chi connectivity index (χ3v) is 5.06. The lowest BCUT2D eigenvalue weighted by molar-refractivity contribution is 0.890. The lowest BCUT2D eigenvalue weighted by atomic mass is 10.1. The summed E-state index contributed by atoms with van der Waals surface area (Å²) in [5, 5.41) is 0. The summed E-state index contributed by atoms with van der Waals surface area (Å²) in [4.78, 5) is 2.87. The van der Waals surface area contributed by atoms with Crippen molar-refractivity contribution in [1.29, 1.82) is 0 Å². The van der Waals surface area contributed by atoms with Crippen LogP contribution in [-0.4, -0.2) is 0 Å². The second-order valence-corrected chi connectivity index (χ2v) is 7.94. The Hall–Kier alpha value is -1.08. The van der Waals surface area contributed by atoms with E-state index in [1.807, 2.05) is 11.3 Å². The van der Waals surface area contributed by atoms with E-state index in [1.165, 1.54) is 39.3 Å². The molecule has 0 aliphatic rings. The smallest absolute Gasteiger partial charge is 0.0272 e. The Kier molecular flexibility index (Phi) is 8.48. The Morgan fingerprint density at radius 3 is 2.18 bits per heavy atom. The monoisotopic (exact) mass is 316 g/mol. The average Bonchev–Trinajstić information content (AvgIpc) is 2.86. The number of thiophene rings is 1. The summed E-state index contributed by atoms with van der Waals surface area (Å²) < 4.78 is 0. The summed E-state index contributed by atoms with van der Waals surface area (Å²) in [6, 6.07) is 4.52. The Balaban J connectivity index is 2.42. The van der Waals surface area contributed by atoms with Crippen LogP contribution in [0.15, 0.2) is 41.0 Å². The first-order chi connectivity index (χ1) is 10.4. The van der Waals surface area contributed by atoms with Crippen molar-refractivity contribution in [2.24, 2.45) is 0 Å². The molecule has 122 valence electrons. The highest BCUT2D eigenvalue weighted by atomic mass is 32.1. The van der Waals surface area contributed by atoms with Crippen LogP contribution >= 0.6 is 11.3 Å². The molecule has 0 saturated heterocycles. The molecule has 0 aromatic carbocycles. The SMILES string of the molecule is CC(C)=CCC/C(C)=C/CC/C(C)=C/c1ccc(C(C)C)s1. The van der Waals surface area contributed by atoms with Crippen LogP contribution in [0.2, 0.25) is 0 Å². The topological polar surface area (TPSA) is 0 Å². The summed E-state index contributed by atoms with van der Waals surface area (Å²) in [6.45, 7) is 13.4. The molecule has 0 saturated carbocycles. The standard InChI is InChI=1S/C21H32S/c1-16(2)9-7-10-18(5)11-8-12-19(6)15-20-13-14-21(22-20)17(3)4/h9,11,13-15,17H,7-8,10,12H2,1-6H3/b18-11+,19-15+. The van der Waals surface area contributed by atoms with E-state index in [1.54, 1.807) is 0 Å². The summed E-state index contributed by atoms with van der Waals surface area (Å²) in [5.74, 6) is 0.638. The van der Waals surface area contributed by atoms with Crippen LogP contribution in [-0.2, 0) is 0 Å². The van der Waals surface area contributed by atoms with Gasteiger partial charge >= 0.3 is 0 Å². The molecule has 0 aliphatic carbocycles. The van der Waals surface area contributed by atoms with E-state index in [4.69, 9.17) is 0 Å². The molecule has 0 spiro atoms. The summed E-state index contributed by atoms with van der Waals surface area (Å²) >= 11 is 1.92. The number of hydrogen-bond acceptors (Lipinski definition) is 1. The van der Waals surface area contributed by atoms with Crippen molar-refractivity contribution in [3.05, 3.63) is 50.8 Å². The van der Waals surface area contributed by atoms with Gasteiger partial charge in [-0.3, -0.25) is 0 Å². The average molecular weight is 317 g/mol. The zero-order valence-corrected chi connectivity index (χ0v) is 16.0. The fourth-order valence-corrected chi connectivity index (χ4v) is 3.35. The van der Waals surface area contributed by atoms with Crippen LogP contribution in [0.5, 0.6) is 0 Å². The molecule has 0 radical (unpaired) electrons. The Labute approximate surface area is 141 Å². The molecule has 1 rings (SSSR count). The molecule has 0 atom stereocenters. The van der Waals surface area contributed by atoms with Crippen LogP contribution in [0.1, 0.15) is 82.9 Å². The highest BCUT2D eigenvalue weighted by Crippen LogP contribution is 2.26. The predicted octanol–water partition coefficient (Wildman–Crippen LogP) is 7.75. The third kappa shape index (κ3) is 7.79. The minimum atomic E-state index is 0.638. The molecular weight excluding hydrogens is 284 g/mol. The van der Waals surface area contributed by atoms with E-state index >= 15 is 0 Å². The van der Waals surface area contributed by atoms with Gasteiger partial charge in [0.05, 0.1) is 0 Å². The van der Waals surface area contributed by atoms with Gasteiger partial charge in [-0.15, -0.1) is 11.3 Å². The van der Waals surface area contributed by atoms with Gasteiger partial charge in [0.15, 0.2) is 0 Å². The van der Waals surface area contributed by atoms with E-state index < -0.39 is 0 Å². The first-order valence-electron chi connectivity index (χ1n) is 8.44. The molecule has 0 amide bonds. The minimum Gasteiger partial charge on any atom is -0.141 e. The van der Waals surface area contributed by atoms with E-state index in [0.29, 0.717) is 5.92 Å². The number of rotatable bonds is 8. The van der Waals surface area contributed by atoms with Crippen molar-refractivity contribution in [2.45, 2.75) is 73.1 Å². The third-order valence-electron chi connectivity index (χ3n) is 3.73. The molecule has 1 aromatic heterocycles. The van der Waals surface area contributed by atoms with E-state index in [-0.39, 0.29) is 0 Å². The summed E-state index contributed by atoms with van der Waals surface area (Å²) in [6.07, 6.45) is 11.8. The van der Waals surface area contributed by atoms with E-state index in [2.05, 4.69) is 71.9 Å². The second-order valence-electron chi connectivity index (χ2n) is 6.79. The van der Waals surface area contributed by atoms with Crippen LogP contribution in [0.3, 0.4) is 0 Å². The van der Waals surface area contributed by atoms with Crippen molar-refractivity contribution in [3.8, 4) is 0 Å². The van der Waals surface area contributed by atoms with Crippen LogP contribution in [0.25, 0.3) is 6.08 Å². The van der Waals surface area contributed by atoms with Gasteiger partial charge in [0.25, 0.3) is 0 Å². The Morgan fingerprint density at radius 2 is 1.59 bits per heavy atom. The molecule has 0 bridgehead atoms. The quantitative estimate of drug-likeness (QED) is 0.430. The van der Waals surface area contributed by atoms with Crippen molar-refractivity contribution >= 4 is 17.4 Å². The fraction of sp³-hybridized carbons (Fsp3) is 0.524. The largest absolute Gasteiger partial charge is 0.141 e. The van der Waals surface area contributed by atoms with Crippen LogP contribution < -0.4 is 0 Å². The van der Waals surface area contributed by atoms with Gasteiger partial charge in [-0.1, -0.05) is 42.7 Å². The maximum atomic E-state index is 2.41. The zero-order chi connectivity index (χ0) is 16.5. The maximum absolute atomic E-state index is 2.41. The van der Waals surface area contributed by atoms with Gasteiger partial charge < -0.3 is 0 Å². The van der Waals surface area contributed by atoms with Crippen molar-refractivity contribution in [2.75, 3.05) is 0 Å². The van der Waals surface area contributed by atoms with E-state index in [9.17, 15) is 0 Å². The zero-order valence-electron chi connectivity index (χ0n) is 15.2. The molecule has 1 heteroatoms.